The highest BCUT2D eigenvalue weighted by atomic mass is 32.1. The molecule has 38 heavy (non-hydrogen) atoms. The molecule has 2 aromatic carbocycles. The SMILES string of the molecule is Nc1ccc(N2CCC3(CC2)OCCO3)c(NC(=O)c2csc(-c3cnn(Cc4cccc(F)c4)c3)n2)c1. The maximum Gasteiger partial charge on any atom is 0.275 e. The van der Waals surface area contributed by atoms with Crippen LogP contribution in [0.25, 0.3) is 10.6 Å². The van der Waals surface area contributed by atoms with Gasteiger partial charge in [0, 0.05) is 48.8 Å². The Labute approximate surface area is 223 Å². The molecule has 2 aliphatic heterocycles. The van der Waals surface area contributed by atoms with Gasteiger partial charge in [-0.2, -0.15) is 5.10 Å². The number of hydrogen-bond donors (Lipinski definition) is 2. The summed E-state index contributed by atoms with van der Waals surface area (Å²) in [5.41, 5.74) is 10.1. The molecule has 3 N–H and O–H groups in total. The largest absolute Gasteiger partial charge is 0.399 e. The summed E-state index contributed by atoms with van der Waals surface area (Å²) in [4.78, 5) is 19.9. The highest BCUT2D eigenvalue weighted by molar-refractivity contribution is 7.13. The van der Waals surface area contributed by atoms with E-state index in [-0.39, 0.29) is 11.7 Å². The van der Waals surface area contributed by atoms with E-state index in [4.69, 9.17) is 15.2 Å². The van der Waals surface area contributed by atoms with E-state index >= 15 is 0 Å². The van der Waals surface area contributed by atoms with E-state index in [0.717, 1.165) is 42.7 Å². The summed E-state index contributed by atoms with van der Waals surface area (Å²) in [5, 5.41) is 9.76. The van der Waals surface area contributed by atoms with Crippen molar-refractivity contribution in [3.05, 3.63) is 77.3 Å². The van der Waals surface area contributed by atoms with Crippen molar-refractivity contribution in [2.24, 2.45) is 0 Å². The van der Waals surface area contributed by atoms with Crippen LogP contribution in [0.1, 0.15) is 28.9 Å². The lowest BCUT2D eigenvalue weighted by Crippen LogP contribution is -2.45. The minimum atomic E-state index is -0.476. The van der Waals surface area contributed by atoms with E-state index in [0.29, 0.717) is 41.8 Å². The van der Waals surface area contributed by atoms with Crippen LogP contribution in [0.15, 0.2) is 60.2 Å². The van der Waals surface area contributed by atoms with Crippen LogP contribution < -0.4 is 16.0 Å². The number of benzene rings is 2. The Morgan fingerprint density at radius 1 is 1.16 bits per heavy atom. The van der Waals surface area contributed by atoms with E-state index in [1.165, 1.54) is 23.5 Å². The number of nitrogen functional groups attached to an aromatic ring is 1. The summed E-state index contributed by atoms with van der Waals surface area (Å²) in [5.74, 6) is -1.08. The Morgan fingerprint density at radius 3 is 2.76 bits per heavy atom. The van der Waals surface area contributed by atoms with Crippen LogP contribution in [0.2, 0.25) is 0 Å². The van der Waals surface area contributed by atoms with Gasteiger partial charge >= 0.3 is 0 Å². The highest BCUT2D eigenvalue weighted by Gasteiger charge is 2.40. The van der Waals surface area contributed by atoms with Crippen LogP contribution in [0.4, 0.5) is 21.5 Å². The number of thiazole rings is 1. The molecule has 4 aromatic rings. The maximum absolute atomic E-state index is 13.5. The van der Waals surface area contributed by atoms with Gasteiger partial charge in [0.25, 0.3) is 5.91 Å². The van der Waals surface area contributed by atoms with Crippen molar-refractivity contribution < 1.29 is 18.7 Å². The molecule has 0 radical (unpaired) electrons. The number of nitrogens with zero attached hydrogens (tertiary/aromatic N) is 4. The summed E-state index contributed by atoms with van der Waals surface area (Å²) in [7, 11) is 0. The molecule has 0 saturated carbocycles. The Kier molecular flexibility index (Phi) is 6.56. The predicted molar refractivity (Wildman–Crippen MR) is 144 cm³/mol. The zero-order valence-electron chi connectivity index (χ0n) is 20.6. The minimum absolute atomic E-state index is 0.283. The monoisotopic (exact) mass is 534 g/mol. The fourth-order valence-corrected chi connectivity index (χ4v) is 5.66. The van der Waals surface area contributed by atoms with Crippen molar-refractivity contribution in [3.8, 4) is 10.6 Å². The lowest BCUT2D eigenvalue weighted by Gasteiger charge is -2.39. The van der Waals surface area contributed by atoms with Gasteiger partial charge < -0.3 is 25.4 Å². The molecule has 1 amide bonds. The van der Waals surface area contributed by atoms with Crippen molar-refractivity contribution >= 4 is 34.3 Å². The second kappa shape index (κ2) is 10.2. The predicted octanol–water partition coefficient (Wildman–Crippen LogP) is 4.37. The minimum Gasteiger partial charge on any atom is -0.399 e. The van der Waals surface area contributed by atoms with Crippen LogP contribution in [0, 0.1) is 5.82 Å². The van der Waals surface area contributed by atoms with Gasteiger partial charge in [0.1, 0.15) is 16.5 Å². The number of rotatable bonds is 6. The molecule has 2 saturated heterocycles. The topological polar surface area (TPSA) is 108 Å². The fourth-order valence-electron chi connectivity index (χ4n) is 4.88. The number of nitrogens with one attached hydrogen (secondary N) is 1. The molecule has 1 spiro atoms. The van der Waals surface area contributed by atoms with Crippen LogP contribution >= 0.6 is 11.3 Å². The van der Waals surface area contributed by atoms with Crippen molar-refractivity contribution in [2.75, 3.05) is 42.3 Å². The molecular weight excluding hydrogens is 507 g/mol. The van der Waals surface area contributed by atoms with Crippen LogP contribution in [-0.2, 0) is 16.0 Å². The Hall–Kier alpha value is -3.80. The van der Waals surface area contributed by atoms with Gasteiger partial charge in [-0.15, -0.1) is 11.3 Å². The van der Waals surface area contributed by atoms with Gasteiger partial charge in [-0.3, -0.25) is 9.48 Å². The quantitative estimate of drug-likeness (QED) is 0.354. The summed E-state index contributed by atoms with van der Waals surface area (Å²) >= 11 is 1.36. The zero-order valence-corrected chi connectivity index (χ0v) is 21.4. The molecule has 6 rings (SSSR count). The second-order valence-electron chi connectivity index (χ2n) is 9.42. The van der Waals surface area contributed by atoms with Gasteiger partial charge in [0.2, 0.25) is 0 Å². The Bertz CT molecular complexity index is 1450. The summed E-state index contributed by atoms with van der Waals surface area (Å²) in [6.45, 7) is 3.18. The van der Waals surface area contributed by atoms with Crippen molar-refractivity contribution in [1.82, 2.24) is 14.8 Å². The van der Waals surface area contributed by atoms with Crippen molar-refractivity contribution in [3.63, 3.8) is 0 Å². The molecule has 2 aliphatic rings. The van der Waals surface area contributed by atoms with E-state index < -0.39 is 5.79 Å². The molecule has 2 fully saturated rings. The van der Waals surface area contributed by atoms with Gasteiger partial charge in [0.15, 0.2) is 5.79 Å². The summed E-state index contributed by atoms with van der Waals surface area (Å²) < 4.78 is 26.9. The smallest absolute Gasteiger partial charge is 0.275 e. The average molecular weight is 535 g/mol. The first-order valence-electron chi connectivity index (χ1n) is 12.4. The third kappa shape index (κ3) is 5.13. The zero-order chi connectivity index (χ0) is 26.1. The number of hydrogen-bond acceptors (Lipinski definition) is 8. The maximum atomic E-state index is 13.5. The number of carbonyl (C=O) groups excluding carboxylic acids is 1. The molecule has 196 valence electrons. The number of anilines is 3. The number of ether oxygens (including phenoxy) is 2. The third-order valence-corrected chi connectivity index (χ3v) is 7.69. The number of halogens is 1. The van der Waals surface area contributed by atoms with Crippen molar-refractivity contribution in [1.29, 1.82) is 0 Å². The highest BCUT2D eigenvalue weighted by Crippen LogP contribution is 2.36. The van der Waals surface area contributed by atoms with E-state index in [9.17, 15) is 9.18 Å². The van der Waals surface area contributed by atoms with Crippen molar-refractivity contribution in [2.45, 2.75) is 25.2 Å². The molecule has 11 heteroatoms. The molecule has 0 atom stereocenters. The third-order valence-electron chi connectivity index (χ3n) is 6.80. The van der Waals surface area contributed by atoms with Gasteiger partial charge in [-0.05, 0) is 35.9 Å². The van der Waals surface area contributed by atoms with Gasteiger partial charge in [0.05, 0.1) is 37.3 Å². The summed E-state index contributed by atoms with van der Waals surface area (Å²) in [6.07, 6.45) is 5.04. The number of carbonyl (C=O) groups is 1. The standard InChI is InChI=1S/C27H27FN6O3S/c28-20-3-1-2-18(12-20)15-34-16-19(14-30-34)26-32-23(17-38-26)25(35)31-22-13-21(29)4-5-24(22)33-8-6-27(7-9-33)36-10-11-37-27/h1-5,12-14,16-17H,6-11,15,29H2,(H,31,35). The first kappa shape index (κ1) is 24.5. The van der Waals surface area contributed by atoms with E-state index in [1.54, 1.807) is 28.4 Å². The number of nitrogens with two attached hydrogens (primary N) is 1. The number of piperidine rings is 1. The van der Waals surface area contributed by atoms with E-state index in [2.05, 4.69) is 20.3 Å². The summed E-state index contributed by atoms with van der Waals surface area (Å²) in [6, 6.07) is 11.9. The van der Waals surface area contributed by atoms with Crippen LogP contribution in [0.3, 0.4) is 0 Å². The lowest BCUT2D eigenvalue weighted by molar-refractivity contribution is -0.169. The Morgan fingerprint density at radius 2 is 1.97 bits per heavy atom. The van der Waals surface area contributed by atoms with Crippen LogP contribution in [-0.4, -0.2) is 52.8 Å². The average Bonchev–Trinajstić information content (AvgIpc) is 3.67. The van der Waals surface area contributed by atoms with Crippen LogP contribution in [0.5, 0.6) is 0 Å². The number of aromatic nitrogens is 3. The molecule has 0 bridgehead atoms. The molecule has 9 nitrogen and oxygen atoms in total. The fraction of sp³-hybridized carbons (Fsp3) is 0.296. The van der Waals surface area contributed by atoms with Gasteiger partial charge in [-0.1, -0.05) is 12.1 Å². The van der Waals surface area contributed by atoms with Gasteiger partial charge in [-0.25, -0.2) is 9.37 Å². The normalized spacial score (nSPS) is 16.7. The van der Waals surface area contributed by atoms with E-state index in [1.807, 2.05) is 24.4 Å². The second-order valence-corrected chi connectivity index (χ2v) is 10.3. The number of amides is 1. The Balaban J connectivity index is 1.14. The first-order chi connectivity index (χ1) is 18.5. The molecule has 4 heterocycles. The molecule has 0 unspecified atom stereocenters. The first-order valence-corrected chi connectivity index (χ1v) is 13.3. The molecule has 2 aromatic heterocycles. The lowest BCUT2D eigenvalue weighted by atomic mass is 10.0. The molecular formula is C27H27FN6O3S. The molecule has 0 aliphatic carbocycles.